The van der Waals surface area contributed by atoms with Crippen molar-refractivity contribution in [2.24, 2.45) is 0 Å². The lowest BCUT2D eigenvalue weighted by Gasteiger charge is -2.49. The number of para-hydroxylation sites is 1. The molecule has 0 unspecified atom stereocenters. The standard InChI is InChI=1S/C26H34N4O3/c1-17(31)27-22-20-14-8-9-15-21(20)29-16-26(2,25(33)28-18-10-6-7-11-18)30(24(32)23(22)29)19-12-4-3-5-13-19/h8-9,14-15,18-19H,3-7,10-13,16H2,1-2H3,(H,27,31)(H,28,33)/t26-/m0/s1. The molecule has 2 aliphatic carbocycles. The van der Waals surface area contributed by atoms with E-state index < -0.39 is 5.54 Å². The number of aromatic nitrogens is 1. The van der Waals surface area contributed by atoms with Gasteiger partial charge in [-0.25, -0.2) is 0 Å². The first-order valence-corrected chi connectivity index (χ1v) is 12.4. The number of rotatable bonds is 4. The highest BCUT2D eigenvalue weighted by Crippen LogP contribution is 2.41. The molecule has 2 fully saturated rings. The highest BCUT2D eigenvalue weighted by Gasteiger charge is 2.51. The smallest absolute Gasteiger partial charge is 0.273 e. The van der Waals surface area contributed by atoms with Crippen LogP contribution < -0.4 is 10.6 Å². The lowest BCUT2D eigenvalue weighted by molar-refractivity contribution is -0.135. The van der Waals surface area contributed by atoms with Gasteiger partial charge in [0, 0.05) is 24.4 Å². The molecule has 1 aromatic heterocycles. The Morgan fingerprint density at radius 3 is 2.36 bits per heavy atom. The van der Waals surface area contributed by atoms with Crippen LogP contribution in [0.3, 0.4) is 0 Å². The molecular formula is C26H34N4O3. The summed E-state index contributed by atoms with van der Waals surface area (Å²) in [5.41, 5.74) is 0.933. The first kappa shape index (κ1) is 22.0. The van der Waals surface area contributed by atoms with Crippen molar-refractivity contribution in [3.63, 3.8) is 0 Å². The molecule has 0 radical (unpaired) electrons. The topological polar surface area (TPSA) is 83.4 Å². The zero-order valence-electron chi connectivity index (χ0n) is 19.7. The number of carbonyl (C=O) groups excluding carboxylic acids is 3. The third-order valence-electron chi connectivity index (χ3n) is 7.81. The maximum atomic E-state index is 14.2. The summed E-state index contributed by atoms with van der Waals surface area (Å²) in [6.45, 7) is 3.77. The summed E-state index contributed by atoms with van der Waals surface area (Å²) in [5.74, 6) is -0.423. The first-order chi connectivity index (χ1) is 15.9. The average molecular weight is 451 g/mol. The third kappa shape index (κ3) is 3.71. The number of hydrogen-bond acceptors (Lipinski definition) is 3. The van der Waals surface area contributed by atoms with Gasteiger partial charge in [-0.15, -0.1) is 0 Å². The predicted octanol–water partition coefficient (Wildman–Crippen LogP) is 4.21. The molecule has 7 heteroatoms. The van der Waals surface area contributed by atoms with Crippen LogP contribution in [0.1, 0.15) is 82.1 Å². The van der Waals surface area contributed by atoms with Crippen molar-refractivity contribution in [3.05, 3.63) is 30.0 Å². The van der Waals surface area contributed by atoms with Gasteiger partial charge in [-0.05, 0) is 38.7 Å². The van der Waals surface area contributed by atoms with Crippen molar-refractivity contribution >= 4 is 34.3 Å². The van der Waals surface area contributed by atoms with Crippen LogP contribution in [-0.4, -0.2) is 44.8 Å². The van der Waals surface area contributed by atoms with Crippen molar-refractivity contribution in [1.29, 1.82) is 0 Å². The number of benzene rings is 1. The summed E-state index contributed by atoms with van der Waals surface area (Å²) in [6, 6.07) is 7.96. The number of anilines is 1. The molecule has 5 rings (SSSR count). The molecule has 2 heterocycles. The van der Waals surface area contributed by atoms with Gasteiger partial charge in [-0.1, -0.05) is 50.3 Å². The van der Waals surface area contributed by atoms with E-state index in [1.54, 1.807) is 0 Å². The van der Waals surface area contributed by atoms with Gasteiger partial charge in [0.2, 0.25) is 11.8 Å². The van der Waals surface area contributed by atoms with E-state index in [0.29, 0.717) is 17.9 Å². The van der Waals surface area contributed by atoms with Crippen LogP contribution in [-0.2, 0) is 16.1 Å². The van der Waals surface area contributed by atoms with Crippen LogP contribution in [0, 0.1) is 0 Å². The number of fused-ring (bicyclic) bond motifs is 3. The molecule has 1 atom stereocenters. The number of hydrogen-bond donors (Lipinski definition) is 2. The maximum absolute atomic E-state index is 14.2. The Bertz CT molecular complexity index is 1090. The van der Waals surface area contributed by atoms with Gasteiger partial charge in [-0.3, -0.25) is 14.4 Å². The molecule has 0 saturated heterocycles. The second-order valence-electron chi connectivity index (χ2n) is 10.2. The molecule has 3 aliphatic rings. The molecule has 2 N–H and O–H groups in total. The fourth-order valence-corrected chi connectivity index (χ4v) is 6.22. The van der Waals surface area contributed by atoms with E-state index in [2.05, 4.69) is 10.6 Å². The summed E-state index contributed by atoms with van der Waals surface area (Å²) in [5, 5.41) is 7.03. The minimum Gasteiger partial charge on any atom is -0.351 e. The largest absolute Gasteiger partial charge is 0.351 e. The van der Waals surface area contributed by atoms with Crippen molar-refractivity contribution < 1.29 is 14.4 Å². The zero-order chi connectivity index (χ0) is 23.2. The van der Waals surface area contributed by atoms with Crippen LogP contribution in [0.2, 0.25) is 0 Å². The lowest BCUT2D eigenvalue weighted by atomic mass is 9.86. The van der Waals surface area contributed by atoms with Crippen LogP contribution in [0.15, 0.2) is 24.3 Å². The zero-order valence-corrected chi connectivity index (χ0v) is 19.7. The van der Waals surface area contributed by atoms with E-state index >= 15 is 0 Å². The quantitative estimate of drug-likeness (QED) is 0.732. The monoisotopic (exact) mass is 450 g/mol. The van der Waals surface area contributed by atoms with Crippen LogP contribution >= 0.6 is 0 Å². The Balaban J connectivity index is 1.64. The fraction of sp³-hybridized carbons (Fsp3) is 0.577. The number of carbonyl (C=O) groups is 3. The van der Waals surface area contributed by atoms with Gasteiger partial charge in [0.05, 0.1) is 17.7 Å². The Morgan fingerprint density at radius 1 is 1.00 bits per heavy atom. The Hall–Kier alpha value is -2.83. The highest BCUT2D eigenvalue weighted by atomic mass is 16.2. The highest BCUT2D eigenvalue weighted by molar-refractivity contribution is 6.14. The molecule has 3 amide bonds. The Morgan fingerprint density at radius 2 is 1.67 bits per heavy atom. The van der Waals surface area contributed by atoms with E-state index in [1.165, 1.54) is 13.3 Å². The number of amides is 3. The second-order valence-corrected chi connectivity index (χ2v) is 10.2. The molecule has 176 valence electrons. The van der Waals surface area contributed by atoms with Gasteiger partial charge in [0.1, 0.15) is 11.2 Å². The maximum Gasteiger partial charge on any atom is 0.273 e. The summed E-state index contributed by atoms with van der Waals surface area (Å²) in [6.07, 6.45) is 9.40. The first-order valence-electron chi connectivity index (χ1n) is 12.4. The lowest BCUT2D eigenvalue weighted by Crippen LogP contribution is -2.67. The minimum absolute atomic E-state index is 0.0301. The van der Waals surface area contributed by atoms with Gasteiger partial charge in [0.15, 0.2) is 0 Å². The van der Waals surface area contributed by atoms with E-state index in [-0.39, 0.29) is 29.8 Å². The Labute approximate surface area is 194 Å². The molecule has 2 aromatic rings. The molecule has 0 spiro atoms. The third-order valence-corrected chi connectivity index (χ3v) is 7.81. The predicted molar refractivity (Wildman–Crippen MR) is 128 cm³/mol. The van der Waals surface area contributed by atoms with Crippen LogP contribution in [0.5, 0.6) is 0 Å². The summed E-state index contributed by atoms with van der Waals surface area (Å²) >= 11 is 0. The van der Waals surface area contributed by atoms with Crippen molar-refractivity contribution in [2.75, 3.05) is 5.32 Å². The summed E-state index contributed by atoms with van der Waals surface area (Å²) in [7, 11) is 0. The Kier molecular flexibility index (Phi) is 5.67. The van der Waals surface area contributed by atoms with Crippen LogP contribution in [0.4, 0.5) is 5.69 Å². The SMILES string of the molecule is CC(=O)Nc1c2n(c3ccccc13)C[C@@](C)(C(=O)NC1CCCC1)N(C1CCCCC1)C2=O. The van der Waals surface area contributed by atoms with Gasteiger partial charge in [-0.2, -0.15) is 0 Å². The molecular weight excluding hydrogens is 416 g/mol. The number of nitrogens with zero attached hydrogens (tertiary/aromatic N) is 2. The van der Waals surface area contributed by atoms with Crippen molar-refractivity contribution in [3.8, 4) is 0 Å². The number of nitrogens with one attached hydrogen (secondary N) is 2. The second kappa shape index (κ2) is 8.50. The molecule has 1 aromatic carbocycles. The average Bonchev–Trinajstić information content (AvgIpc) is 3.41. The van der Waals surface area contributed by atoms with Gasteiger partial charge < -0.3 is 20.1 Å². The minimum atomic E-state index is -0.982. The fourth-order valence-electron chi connectivity index (χ4n) is 6.22. The van der Waals surface area contributed by atoms with Gasteiger partial charge in [0.25, 0.3) is 5.91 Å². The van der Waals surface area contributed by atoms with E-state index in [0.717, 1.165) is 62.3 Å². The summed E-state index contributed by atoms with van der Waals surface area (Å²) in [4.78, 5) is 42.0. The van der Waals surface area contributed by atoms with Crippen molar-refractivity contribution in [2.45, 2.75) is 95.8 Å². The summed E-state index contributed by atoms with van der Waals surface area (Å²) < 4.78 is 1.95. The van der Waals surface area contributed by atoms with Crippen LogP contribution in [0.25, 0.3) is 10.9 Å². The van der Waals surface area contributed by atoms with E-state index in [4.69, 9.17) is 0 Å². The molecule has 0 bridgehead atoms. The molecule has 1 aliphatic heterocycles. The molecule has 33 heavy (non-hydrogen) atoms. The van der Waals surface area contributed by atoms with E-state index in [9.17, 15) is 14.4 Å². The van der Waals surface area contributed by atoms with E-state index in [1.807, 2.05) is 40.7 Å². The normalized spacial score (nSPS) is 24.2. The molecule has 7 nitrogen and oxygen atoms in total. The van der Waals surface area contributed by atoms with Crippen molar-refractivity contribution in [1.82, 2.24) is 14.8 Å². The van der Waals surface area contributed by atoms with Gasteiger partial charge >= 0.3 is 0 Å². The molecule has 2 saturated carbocycles.